The summed E-state index contributed by atoms with van der Waals surface area (Å²) in [6.45, 7) is 8.29. The molecule has 272 valence electrons. The van der Waals surface area contributed by atoms with Crippen molar-refractivity contribution in [3.8, 4) is 5.75 Å². The van der Waals surface area contributed by atoms with Crippen LogP contribution < -0.4 is 20.7 Å². The second kappa shape index (κ2) is 21.3. The first kappa shape index (κ1) is 38.9. The van der Waals surface area contributed by atoms with Gasteiger partial charge in [0, 0.05) is 45.7 Å². The fourth-order valence-electron chi connectivity index (χ4n) is 5.68. The average Bonchev–Trinajstić information content (AvgIpc) is 3.14. The van der Waals surface area contributed by atoms with Crippen molar-refractivity contribution in [3.63, 3.8) is 0 Å². The lowest BCUT2D eigenvalue weighted by atomic mass is 10.0. The molecule has 0 aliphatic carbocycles. The van der Waals surface area contributed by atoms with Gasteiger partial charge in [0.2, 0.25) is 11.8 Å². The van der Waals surface area contributed by atoms with E-state index in [0.717, 1.165) is 46.1 Å². The number of benzene rings is 4. The predicted molar refractivity (Wildman–Crippen MR) is 200 cm³/mol. The van der Waals surface area contributed by atoms with Crippen LogP contribution in [0.3, 0.4) is 0 Å². The zero-order valence-electron chi connectivity index (χ0n) is 30.1. The molecule has 4 aromatic carbocycles. The zero-order valence-corrected chi connectivity index (χ0v) is 30.1. The summed E-state index contributed by atoms with van der Waals surface area (Å²) in [5, 5.41) is 10.6. The van der Waals surface area contributed by atoms with Crippen LogP contribution in [0, 0.1) is 0 Å². The number of urea groups is 1. The molecule has 0 saturated heterocycles. The van der Waals surface area contributed by atoms with E-state index in [2.05, 4.69) is 22.9 Å². The number of carbonyl (C=O) groups is 3. The molecule has 0 bridgehead atoms. The van der Waals surface area contributed by atoms with E-state index in [0.29, 0.717) is 26.4 Å². The van der Waals surface area contributed by atoms with Gasteiger partial charge in [-0.3, -0.25) is 9.59 Å². The zero-order chi connectivity index (χ0) is 36.3. The van der Waals surface area contributed by atoms with Gasteiger partial charge >= 0.3 is 6.03 Å². The van der Waals surface area contributed by atoms with Gasteiger partial charge < -0.3 is 35.1 Å². The van der Waals surface area contributed by atoms with Gasteiger partial charge in [-0.1, -0.05) is 98.3 Å². The van der Waals surface area contributed by atoms with Gasteiger partial charge in [-0.2, -0.15) is 0 Å². The molecule has 0 spiro atoms. The lowest BCUT2D eigenvalue weighted by Gasteiger charge is -2.31. The molecular weight excluding hydrogens is 644 g/mol. The van der Waals surface area contributed by atoms with Crippen molar-refractivity contribution >= 4 is 28.6 Å². The number of ether oxygens (including phenoxy) is 3. The number of nitrogens with one attached hydrogen (secondary N) is 3. The van der Waals surface area contributed by atoms with Gasteiger partial charge in [0.1, 0.15) is 11.8 Å². The largest absolute Gasteiger partial charge is 0.494 e. The van der Waals surface area contributed by atoms with Crippen LogP contribution in [0.25, 0.3) is 10.8 Å². The van der Waals surface area contributed by atoms with E-state index >= 15 is 0 Å². The van der Waals surface area contributed by atoms with Crippen LogP contribution >= 0.6 is 0 Å². The summed E-state index contributed by atoms with van der Waals surface area (Å²) in [6, 6.07) is 30.0. The normalized spacial score (nSPS) is 11.6. The Labute approximate surface area is 301 Å². The van der Waals surface area contributed by atoms with Gasteiger partial charge in [-0.05, 0) is 59.9 Å². The van der Waals surface area contributed by atoms with Crippen LogP contribution in [0.4, 0.5) is 4.79 Å². The van der Waals surface area contributed by atoms with Crippen molar-refractivity contribution in [2.45, 2.75) is 71.9 Å². The highest BCUT2D eigenvalue weighted by Crippen LogP contribution is 2.22. The Balaban J connectivity index is 1.52. The van der Waals surface area contributed by atoms with Gasteiger partial charge in [0.25, 0.3) is 0 Å². The van der Waals surface area contributed by atoms with E-state index in [1.807, 2.05) is 111 Å². The lowest BCUT2D eigenvalue weighted by Crippen LogP contribution is -2.52. The third-order valence-electron chi connectivity index (χ3n) is 8.32. The molecule has 0 saturated carbocycles. The molecule has 0 aliphatic heterocycles. The molecular formula is C41H52N4O6. The van der Waals surface area contributed by atoms with E-state index in [4.69, 9.17) is 14.2 Å². The molecule has 0 heterocycles. The van der Waals surface area contributed by atoms with Crippen molar-refractivity contribution in [2.75, 3.05) is 32.9 Å². The summed E-state index contributed by atoms with van der Waals surface area (Å²) >= 11 is 0. The third kappa shape index (κ3) is 13.0. The minimum absolute atomic E-state index is 0.00339. The Hall–Kier alpha value is -4.93. The number of unbranched alkanes of at least 4 members (excludes halogenated alkanes) is 1. The number of amides is 4. The van der Waals surface area contributed by atoms with Gasteiger partial charge in [-0.25, -0.2) is 4.79 Å². The van der Waals surface area contributed by atoms with E-state index in [-0.39, 0.29) is 50.3 Å². The number of fused-ring (bicyclic) bond motifs is 1. The summed E-state index contributed by atoms with van der Waals surface area (Å²) in [5.41, 5.74) is 2.81. The molecule has 4 amide bonds. The van der Waals surface area contributed by atoms with E-state index < -0.39 is 12.3 Å². The second-order valence-electron chi connectivity index (χ2n) is 12.2. The number of rotatable bonds is 21. The number of hydrogen-bond donors (Lipinski definition) is 3. The molecule has 4 aromatic rings. The second-order valence-corrected chi connectivity index (χ2v) is 12.2. The molecule has 3 N–H and O–H groups in total. The van der Waals surface area contributed by atoms with E-state index in [9.17, 15) is 14.4 Å². The van der Waals surface area contributed by atoms with E-state index in [1.54, 1.807) is 4.90 Å². The Morgan fingerprint density at radius 2 is 1.47 bits per heavy atom. The first-order valence-corrected chi connectivity index (χ1v) is 17.9. The summed E-state index contributed by atoms with van der Waals surface area (Å²) in [4.78, 5) is 42.1. The highest BCUT2D eigenvalue weighted by atomic mass is 16.7. The van der Waals surface area contributed by atoms with Crippen LogP contribution in [-0.4, -0.2) is 68.0 Å². The van der Waals surface area contributed by atoms with Crippen LogP contribution in [0.15, 0.2) is 97.1 Å². The monoisotopic (exact) mass is 696 g/mol. The molecule has 10 nitrogen and oxygen atoms in total. The molecule has 0 fully saturated rings. The molecule has 0 aromatic heterocycles. The lowest BCUT2D eigenvalue weighted by molar-refractivity contribution is -0.161. The minimum atomic E-state index is -0.893. The van der Waals surface area contributed by atoms with E-state index in [1.165, 1.54) is 0 Å². The van der Waals surface area contributed by atoms with Crippen LogP contribution in [0.5, 0.6) is 5.75 Å². The third-order valence-corrected chi connectivity index (χ3v) is 8.32. The van der Waals surface area contributed by atoms with Gasteiger partial charge in [-0.15, -0.1) is 0 Å². The quantitative estimate of drug-likeness (QED) is 0.0690. The van der Waals surface area contributed by atoms with Crippen molar-refractivity contribution in [1.82, 2.24) is 20.9 Å². The number of carbonyl (C=O) groups excluding carboxylic acids is 3. The smallest absolute Gasteiger partial charge is 0.315 e. The summed E-state index contributed by atoms with van der Waals surface area (Å²) < 4.78 is 17.6. The minimum Gasteiger partial charge on any atom is -0.494 e. The molecule has 10 heteroatoms. The maximum Gasteiger partial charge on any atom is 0.315 e. The maximum absolute atomic E-state index is 14.6. The average molecular weight is 697 g/mol. The number of hydrogen-bond acceptors (Lipinski definition) is 6. The van der Waals surface area contributed by atoms with Crippen molar-refractivity contribution in [2.24, 2.45) is 0 Å². The van der Waals surface area contributed by atoms with Crippen LogP contribution in [0.2, 0.25) is 0 Å². The summed E-state index contributed by atoms with van der Waals surface area (Å²) in [5.74, 6) is 0.134. The SMILES string of the molecule is CCCCOc1ccc(C[C@H](NC(=O)CCNC(=O)NCc2ccccc2)C(=O)N(Cc2cccc3ccccc23)CC(OCC)OCC)cc1. The molecule has 1 atom stereocenters. The first-order chi connectivity index (χ1) is 24.9. The molecule has 0 aliphatic rings. The first-order valence-electron chi connectivity index (χ1n) is 17.9. The Morgan fingerprint density at radius 3 is 2.20 bits per heavy atom. The van der Waals surface area contributed by atoms with Gasteiger partial charge in [0.05, 0.1) is 13.2 Å². The standard InChI is InChI=1S/C41H52N4O6/c1-4-7-26-51-35-22-20-31(21-23-35)27-37(44-38(46)24-25-42-41(48)43-28-32-14-9-8-10-15-32)40(47)45(30-39(49-5-2)50-6-3)29-34-18-13-17-33-16-11-12-19-36(33)34/h8-23,37,39H,4-7,24-30H2,1-3H3,(H,44,46)(H2,42,43,48)/t37-/m0/s1. The molecule has 0 radical (unpaired) electrons. The predicted octanol–water partition coefficient (Wildman–Crippen LogP) is 6.36. The van der Waals surface area contributed by atoms with Crippen molar-refractivity contribution in [1.29, 1.82) is 0 Å². The molecule has 51 heavy (non-hydrogen) atoms. The van der Waals surface area contributed by atoms with Crippen LogP contribution in [0.1, 0.15) is 56.7 Å². The van der Waals surface area contributed by atoms with Crippen LogP contribution in [-0.2, 0) is 38.6 Å². The highest BCUT2D eigenvalue weighted by molar-refractivity contribution is 5.89. The maximum atomic E-state index is 14.6. The Morgan fingerprint density at radius 1 is 0.765 bits per heavy atom. The fourth-order valence-corrected chi connectivity index (χ4v) is 5.68. The van der Waals surface area contributed by atoms with Gasteiger partial charge in [0.15, 0.2) is 6.29 Å². The Kier molecular flexibility index (Phi) is 16.3. The highest BCUT2D eigenvalue weighted by Gasteiger charge is 2.29. The Bertz CT molecular complexity index is 1640. The molecule has 0 unspecified atom stereocenters. The fraction of sp³-hybridized carbons (Fsp3) is 0.390. The van der Waals surface area contributed by atoms with Crippen molar-refractivity contribution < 1.29 is 28.6 Å². The summed E-state index contributed by atoms with van der Waals surface area (Å²) in [6.07, 6.45) is 1.61. The number of nitrogens with zero attached hydrogens (tertiary/aromatic N) is 1. The topological polar surface area (TPSA) is 118 Å². The van der Waals surface area contributed by atoms with Crippen molar-refractivity contribution in [3.05, 3.63) is 114 Å². The molecule has 4 rings (SSSR count). The summed E-state index contributed by atoms with van der Waals surface area (Å²) in [7, 11) is 0.